The molecule has 0 atom stereocenters. The highest BCUT2D eigenvalue weighted by Crippen LogP contribution is 2.16. The third-order valence-electron chi connectivity index (χ3n) is 2.46. The molecule has 5 nitrogen and oxygen atoms in total. The van der Waals surface area contributed by atoms with Gasteiger partial charge in [-0.05, 0) is 32.4 Å². The zero-order valence-electron chi connectivity index (χ0n) is 10.1. The molecule has 1 rings (SSSR count). The molecule has 6 heteroatoms. The van der Waals surface area contributed by atoms with E-state index in [1.807, 2.05) is 6.92 Å². The zero-order chi connectivity index (χ0) is 13.1. The molecule has 0 saturated carbocycles. The summed E-state index contributed by atoms with van der Waals surface area (Å²) in [5, 5.41) is 8.83. The van der Waals surface area contributed by atoms with Gasteiger partial charge < -0.3 is 0 Å². The maximum absolute atomic E-state index is 12.1. The maximum Gasteiger partial charge on any atom is 0.243 e. The van der Waals surface area contributed by atoms with Crippen LogP contribution in [0.3, 0.4) is 0 Å². The van der Waals surface area contributed by atoms with Crippen LogP contribution < -0.4 is 4.72 Å². The lowest BCUT2D eigenvalue weighted by atomic mass is 10.0. The van der Waals surface area contributed by atoms with Gasteiger partial charge >= 0.3 is 0 Å². The fourth-order valence-corrected chi connectivity index (χ4v) is 2.77. The SMILES string of the molecule is CCC(C)(C)NS(=O)(=O)c1cccnc1C#N. The van der Waals surface area contributed by atoms with E-state index in [4.69, 9.17) is 5.26 Å². The summed E-state index contributed by atoms with van der Waals surface area (Å²) in [7, 11) is -3.71. The van der Waals surface area contributed by atoms with Gasteiger partial charge in [-0.3, -0.25) is 0 Å². The summed E-state index contributed by atoms with van der Waals surface area (Å²) in [4.78, 5) is 3.66. The van der Waals surface area contributed by atoms with Crippen LogP contribution in [0.25, 0.3) is 0 Å². The molecule has 0 aromatic carbocycles. The van der Waals surface area contributed by atoms with Crippen LogP contribution in [0.1, 0.15) is 32.9 Å². The molecule has 0 radical (unpaired) electrons. The summed E-state index contributed by atoms with van der Waals surface area (Å²) in [6.45, 7) is 5.46. The molecule has 92 valence electrons. The van der Waals surface area contributed by atoms with Crippen molar-refractivity contribution in [1.82, 2.24) is 9.71 Å². The monoisotopic (exact) mass is 253 g/mol. The molecule has 0 aliphatic rings. The Kier molecular flexibility index (Phi) is 3.86. The van der Waals surface area contributed by atoms with Crippen LogP contribution >= 0.6 is 0 Å². The van der Waals surface area contributed by atoms with E-state index in [1.165, 1.54) is 18.3 Å². The Morgan fingerprint density at radius 2 is 2.18 bits per heavy atom. The number of aromatic nitrogens is 1. The molecule has 0 fully saturated rings. The minimum Gasteiger partial charge on any atom is -0.244 e. The second kappa shape index (κ2) is 4.82. The van der Waals surface area contributed by atoms with Gasteiger partial charge in [0.15, 0.2) is 5.69 Å². The van der Waals surface area contributed by atoms with Crippen molar-refractivity contribution in [2.24, 2.45) is 0 Å². The van der Waals surface area contributed by atoms with E-state index < -0.39 is 15.6 Å². The first-order chi connectivity index (χ1) is 7.82. The summed E-state index contributed by atoms with van der Waals surface area (Å²) in [5.74, 6) is 0. The van der Waals surface area contributed by atoms with Gasteiger partial charge in [0, 0.05) is 11.7 Å². The molecule has 0 unspecified atom stereocenters. The van der Waals surface area contributed by atoms with Crippen molar-refractivity contribution in [1.29, 1.82) is 5.26 Å². The topological polar surface area (TPSA) is 82.8 Å². The standard InChI is InChI=1S/C11H15N3O2S/c1-4-11(2,3)14-17(15,16)10-6-5-7-13-9(10)8-12/h5-7,14H,4H2,1-3H3. The Morgan fingerprint density at radius 1 is 1.53 bits per heavy atom. The van der Waals surface area contributed by atoms with Gasteiger partial charge in [0.05, 0.1) is 0 Å². The minimum absolute atomic E-state index is 0.0796. The van der Waals surface area contributed by atoms with Crippen LogP contribution in [0.15, 0.2) is 23.2 Å². The normalized spacial score (nSPS) is 12.1. The number of pyridine rings is 1. The highest BCUT2D eigenvalue weighted by molar-refractivity contribution is 7.89. The van der Waals surface area contributed by atoms with E-state index in [2.05, 4.69) is 9.71 Å². The Hall–Kier alpha value is -1.45. The Morgan fingerprint density at radius 3 is 2.71 bits per heavy atom. The Bertz CT molecular complexity index is 544. The van der Waals surface area contributed by atoms with Crippen molar-refractivity contribution >= 4 is 10.0 Å². The van der Waals surface area contributed by atoms with Crippen LogP contribution in [0.4, 0.5) is 0 Å². The first-order valence-electron chi connectivity index (χ1n) is 5.21. The summed E-state index contributed by atoms with van der Waals surface area (Å²) >= 11 is 0. The fraction of sp³-hybridized carbons (Fsp3) is 0.455. The predicted octanol–water partition coefficient (Wildman–Crippen LogP) is 1.42. The molecule has 0 saturated heterocycles. The van der Waals surface area contributed by atoms with Crippen molar-refractivity contribution in [3.63, 3.8) is 0 Å². The molecule has 1 N–H and O–H groups in total. The number of hydrogen-bond donors (Lipinski definition) is 1. The van der Waals surface area contributed by atoms with Gasteiger partial charge in [-0.25, -0.2) is 18.1 Å². The second-order valence-corrected chi connectivity index (χ2v) is 5.96. The van der Waals surface area contributed by atoms with Crippen molar-refractivity contribution in [2.75, 3.05) is 0 Å². The highest BCUT2D eigenvalue weighted by atomic mass is 32.2. The number of rotatable bonds is 4. The molecule has 17 heavy (non-hydrogen) atoms. The number of nitriles is 1. The number of hydrogen-bond acceptors (Lipinski definition) is 4. The lowest BCUT2D eigenvalue weighted by Crippen LogP contribution is -2.42. The third kappa shape index (κ3) is 3.25. The Labute approximate surface area is 102 Å². The molecule has 1 aromatic heterocycles. The summed E-state index contributed by atoms with van der Waals surface area (Å²) in [6.07, 6.45) is 2.04. The van der Waals surface area contributed by atoms with E-state index in [9.17, 15) is 8.42 Å². The van der Waals surface area contributed by atoms with Crippen LogP contribution in [-0.2, 0) is 10.0 Å². The summed E-state index contributed by atoms with van der Waals surface area (Å²) < 4.78 is 26.7. The van der Waals surface area contributed by atoms with Crippen LogP contribution in [0.2, 0.25) is 0 Å². The zero-order valence-corrected chi connectivity index (χ0v) is 10.9. The molecule has 1 heterocycles. The van der Waals surface area contributed by atoms with Gasteiger partial charge in [-0.15, -0.1) is 0 Å². The molecular weight excluding hydrogens is 238 g/mol. The summed E-state index contributed by atoms with van der Waals surface area (Å²) in [6, 6.07) is 4.64. The lowest BCUT2D eigenvalue weighted by molar-refractivity contribution is 0.439. The van der Waals surface area contributed by atoms with Gasteiger partial charge in [0.2, 0.25) is 10.0 Å². The van der Waals surface area contributed by atoms with Crippen molar-refractivity contribution in [2.45, 2.75) is 37.6 Å². The van der Waals surface area contributed by atoms with Crippen molar-refractivity contribution in [3.8, 4) is 6.07 Å². The van der Waals surface area contributed by atoms with Crippen LogP contribution in [0, 0.1) is 11.3 Å². The van der Waals surface area contributed by atoms with E-state index >= 15 is 0 Å². The van der Waals surface area contributed by atoms with Crippen LogP contribution in [-0.4, -0.2) is 18.9 Å². The number of nitrogens with zero attached hydrogens (tertiary/aromatic N) is 2. The van der Waals surface area contributed by atoms with E-state index in [-0.39, 0.29) is 10.6 Å². The van der Waals surface area contributed by atoms with Crippen LogP contribution in [0.5, 0.6) is 0 Å². The third-order valence-corrected chi connectivity index (χ3v) is 4.19. The van der Waals surface area contributed by atoms with Crippen molar-refractivity contribution in [3.05, 3.63) is 24.0 Å². The molecular formula is C11H15N3O2S. The highest BCUT2D eigenvalue weighted by Gasteiger charge is 2.26. The smallest absolute Gasteiger partial charge is 0.243 e. The maximum atomic E-state index is 12.1. The van der Waals surface area contributed by atoms with Gasteiger partial charge in [-0.1, -0.05) is 6.92 Å². The van der Waals surface area contributed by atoms with Gasteiger partial charge in [-0.2, -0.15) is 5.26 Å². The molecule has 0 spiro atoms. The quantitative estimate of drug-likeness (QED) is 0.879. The lowest BCUT2D eigenvalue weighted by Gasteiger charge is -2.24. The van der Waals surface area contributed by atoms with E-state index in [0.717, 1.165) is 0 Å². The average molecular weight is 253 g/mol. The predicted molar refractivity (Wildman–Crippen MR) is 63.6 cm³/mol. The number of sulfonamides is 1. The van der Waals surface area contributed by atoms with Gasteiger partial charge in [0.1, 0.15) is 11.0 Å². The van der Waals surface area contributed by atoms with E-state index in [0.29, 0.717) is 6.42 Å². The first-order valence-corrected chi connectivity index (χ1v) is 6.70. The van der Waals surface area contributed by atoms with Crippen molar-refractivity contribution < 1.29 is 8.42 Å². The minimum atomic E-state index is -3.71. The largest absolute Gasteiger partial charge is 0.244 e. The molecule has 0 aliphatic carbocycles. The average Bonchev–Trinajstić information content (AvgIpc) is 2.28. The molecule has 0 amide bonds. The fourth-order valence-electron chi connectivity index (χ4n) is 1.18. The molecule has 1 aromatic rings. The van der Waals surface area contributed by atoms with Gasteiger partial charge in [0.25, 0.3) is 0 Å². The molecule has 0 bridgehead atoms. The molecule has 0 aliphatic heterocycles. The second-order valence-electron chi connectivity index (χ2n) is 4.30. The summed E-state index contributed by atoms with van der Waals surface area (Å²) in [5.41, 5.74) is -0.645. The number of nitrogens with one attached hydrogen (secondary N) is 1. The van der Waals surface area contributed by atoms with E-state index in [1.54, 1.807) is 19.9 Å². The first kappa shape index (κ1) is 13.6. The Balaban J connectivity index is 3.20.